The molecule has 0 aromatic heterocycles. The number of fused-ring (bicyclic) bond motifs is 3. The van der Waals surface area contributed by atoms with Crippen LogP contribution < -0.4 is 5.32 Å². The number of nitrogens with one attached hydrogen (secondary N) is 1. The van der Waals surface area contributed by atoms with Crippen LogP contribution in [0, 0.1) is 5.41 Å². The van der Waals surface area contributed by atoms with Crippen LogP contribution in [0.25, 0.3) is 6.08 Å². The number of aliphatic carboxylic acids is 1. The molecule has 0 bridgehead atoms. The second-order valence-electron chi connectivity index (χ2n) is 6.71. The Hall–Kier alpha value is -3.62. The summed E-state index contributed by atoms with van der Waals surface area (Å²) in [6, 6.07) is 10.3. The zero-order chi connectivity index (χ0) is 20.8. The smallest absolute Gasteiger partial charge is 0.416 e. The fourth-order valence-electron chi connectivity index (χ4n) is 3.36. The molecule has 0 fully saturated rings. The molecule has 148 valence electrons. The van der Waals surface area contributed by atoms with Gasteiger partial charge in [0.25, 0.3) is 0 Å². The molecule has 2 aliphatic rings. The van der Waals surface area contributed by atoms with E-state index in [1.165, 1.54) is 6.08 Å². The molecule has 2 aromatic carbocycles. The lowest BCUT2D eigenvalue weighted by Gasteiger charge is -2.26. The Morgan fingerprint density at radius 1 is 1.10 bits per heavy atom. The SMILES string of the molecule is O=C(Nc1ccc(C(F)(F)F)cc1)N1CC2(C(=O)O)C=Cc3ccccc3C2=N1. The first-order valence-electron chi connectivity index (χ1n) is 8.58. The number of hydrogen-bond donors (Lipinski definition) is 2. The van der Waals surface area contributed by atoms with E-state index in [4.69, 9.17) is 0 Å². The van der Waals surface area contributed by atoms with Crippen molar-refractivity contribution in [1.82, 2.24) is 5.01 Å². The van der Waals surface area contributed by atoms with Gasteiger partial charge in [-0.3, -0.25) is 4.79 Å². The molecule has 0 saturated carbocycles. The van der Waals surface area contributed by atoms with Gasteiger partial charge in [0, 0.05) is 11.3 Å². The molecular weight excluding hydrogens is 387 g/mol. The highest BCUT2D eigenvalue weighted by Crippen LogP contribution is 2.39. The predicted molar refractivity (Wildman–Crippen MR) is 99.3 cm³/mol. The zero-order valence-electron chi connectivity index (χ0n) is 14.8. The molecule has 2 aromatic rings. The number of carbonyl (C=O) groups excluding carboxylic acids is 1. The minimum Gasteiger partial charge on any atom is -0.480 e. The third-order valence-electron chi connectivity index (χ3n) is 4.89. The van der Waals surface area contributed by atoms with E-state index in [0.29, 0.717) is 5.56 Å². The van der Waals surface area contributed by atoms with Gasteiger partial charge in [-0.15, -0.1) is 0 Å². The lowest BCUT2D eigenvalue weighted by Crippen LogP contribution is -2.43. The summed E-state index contributed by atoms with van der Waals surface area (Å²) in [5.41, 5.74) is -0.542. The Bertz CT molecular complexity index is 1060. The van der Waals surface area contributed by atoms with Crippen molar-refractivity contribution < 1.29 is 27.9 Å². The van der Waals surface area contributed by atoms with E-state index < -0.39 is 29.2 Å². The van der Waals surface area contributed by atoms with E-state index >= 15 is 0 Å². The number of amides is 2. The number of benzene rings is 2. The molecule has 1 aliphatic carbocycles. The number of carbonyl (C=O) groups is 2. The number of nitrogens with zero attached hydrogens (tertiary/aromatic N) is 2. The van der Waals surface area contributed by atoms with Crippen molar-refractivity contribution in [2.75, 3.05) is 11.9 Å². The van der Waals surface area contributed by atoms with Crippen molar-refractivity contribution in [2.24, 2.45) is 10.5 Å². The predicted octanol–water partition coefficient (Wildman–Crippen LogP) is 4.06. The topological polar surface area (TPSA) is 82.0 Å². The Morgan fingerprint density at radius 2 is 1.79 bits per heavy atom. The maximum Gasteiger partial charge on any atom is 0.416 e. The minimum absolute atomic E-state index is 0.137. The van der Waals surface area contributed by atoms with Crippen molar-refractivity contribution in [2.45, 2.75) is 6.18 Å². The van der Waals surface area contributed by atoms with Gasteiger partial charge in [0.1, 0.15) is 0 Å². The first-order valence-corrected chi connectivity index (χ1v) is 8.58. The number of urea groups is 1. The van der Waals surface area contributed by atoms with Crippen LogP contribution in [-0.4, -0.2) is 34.4 Å². The summed E-state index contributed by atoms with van der Waals surface area (Å²) < 4.78 is 38.0. The number of anilines is 1. The lowest BCUT2D eigenvalue weighted by atomic mass is 9.75. The maximum atomic E-state index is 12.7. The third-order valence-corrected chi connectivity index (χ3v) is 4.89. The number of alkyl halides is 3. The fourth-order valence-corrected chi connectivity index (χ4v) is 3.36. The van der Waals surface area contributed by atoms with Crippen molar-refractivity contribution >= 4 is 29.5 Å². The molecule has 2 N–H and O–H groups in total. The van der Waals surface area contributed by atoms with Crippen LogP contribution in [0.3, 0.4) is 0 Å². The maximum absolute atomic E-state index is 12.7. The first-order chi connectivity index (χ1) is 13.7. The van der Waals surface area contributed by atoms with Gasteiger partial charge in [0.15, 0.2) is 5.41 Å². The van der Waals surface area contributed by atoms with Crippen LogP contribution in [0.5, 0.6) is 0 Å². The molecule has 1 unspecified atom stereocenters. The van der Waals surface area contributed by atoms with E-state index in [-0.39, 0.29) is 17.9 Å². The summed E-state index contributed by atoms with van der Waals surface area (Å²) in [6.45, 7) is -0.227. The monoisotopic (exact) mass is 401 g/mol. The molecule has 1 atom stereocenters. The Balaban J connectivity index is 1.61. The van der Waals surface area contributed by atoms with Crippen LogP contribution in [0.2, 0.25) is 0 Å². The van der Waals surface area contributed by atoms with Gasteiger partial charge in [-0.2, -0.15) is 18.3 Å². The van der Waals surface area contributed by atoms with E-state index in [1.807, 2.05) is 12.1 Å². The summed E-state index contributed by atoms with van der Waals surface area (Å²) >= 11 is 0. The molecule has 0 saturated heterocycles. The molecular formula is C20H14F3N3O3. The summed E-state index contributed by atoms with van der Waals surface area (Å²) in [5.74, 6) is -1.15. The molecule has 1 heterocycles. The molecule has 29 heavy (non-hydrogen) atoms. The molecule has 9 heteroatoms. The van der Waals surface area contributed by atoms with Crippen LogP contribution in [-0.2, 0) is 11.0 Å². The highest BCUT2D eigenvalue weighted by molar-refractivity contribution is 6.21. The zero-order valence-corrected chi connectivity index (χ0v) is 14.8. The van der Waals surface area contributed by atoms with Gasteiger partial charge >= 0.3 is 18.2 Å². The number of carboxylic acid groups (broad SMARTS) is 1. The molecule has 2 amide bonds. The average molecular weight is 401 g/mol. The second kappa shape index (κ2) is 6.47. The van der Waals surface area contributed by atoms with Crippen LogP contribution in [0.4, 0.5) is 23.7 Å². The highest BCUT2D eigenvalue weighted by atomic mass is 19.4. The lowest BCUT2D eigenvalue weighted by molar-refractivity contribution is -0.142. The third kappa shape index (κ3) is 3.14. The van der Waals surface area contributed by atoms with E-state index in [9.17, 15) is 27.9 Å². The number of hydrogen-bond acceptors (Lipinski definition) is 3. The van der Waals surface area contributed by atoms with Gasteiger partial charge in [-0.1, -0.05) is 36.4 Å². The van der Waals surface area contributed by atoms with Crippen molar-refractivity contribution in [3.05, 3.63) is 71.3 Å². The fraction of sp³-hybridized carbons (Fsp3) is 0.150. The Labute approximate surface area is 162 Å². The van der Waals surface area contributed by atoms with E-state index in [0.717, 1.165) is 34.8 Å². The average Bonchev–Trinajstić information content (AvgIpc) is 3.10. The number of carboxylic acids is 1. The quantitative estimate of drug-likeness (QED) is 0.796. The van der Waals surface area contributed by atoms with Crippen LogP contribution >= 0.6 is 0 Å². The van der Waals surface area contributed by atoms with Crippen molar-refractivity contribution in [1.29, 1.82) is 0 Å². The summed E-state index contributed by atoms with van der Waals surface area (Å²) in [7, 11) is 0. The van der Waals surface area contributed by atoms with Crippen molar-refractivity contribution in [3.63, 3.8) is 0 Å². The molecule has 4 rings (SSSR count). The standard InChI is InChI=1S/C20H14F3N3O3/c21-20(22,23)13-5-7-14(8-6-13)24-18(29)26-11-19(17(27)28)10-9-12-3-1-2-4-15(12)16(19)25-26/h1-10H,11H2,(H,24,29)(H,27,28). The molecule has 1 aliphatic heterocycles. The van der Waals surface area contributed by atoms with Gasteiger partial charge in [-0.05, 0) is 29.8 Å². The largest absolute Gasteiger partial charge is 0.480 e. The first kappa shape index (κ1) is 18.7. The van der Waals surface area contributed by atoms with Gasteiger partial charge in [-0.25, -0.2) is 9.80 Å². The van der Waals surface area contributed by atoms with Crippen LogP contribution in [0.1, 0.15) is 16.7 Å². The van der Waals surface area contributed by atoms with E-state index in [1.54, 1.807) is 18.2 Å². The highest BCUT2D eigenvalue weighted by Gasteiger charge is 2.51. The number of hydrazone groups is 1. The number of rotatable bonds is 2. The van der Waals surface area contributed by atoms with Gasteiger partial charge in [0.05, 0.1) is 17.8 Å². The van der Waals surface area contributed by atoms with E-state index in [2.05, 4.69) is 10.4 Å². The van der Waals surface area contributed by atoms with Crippen molar-refractivity contribution in [3.8, 4) is 0 Å². The normalized spacial score (nSPS) is 20.0. The summed E-state index contributed by atoms with van der Waals surface area (Å²) in [6.07, 6.45) is -1.30. The second-order valence-corrected chi connectivity index (χ2v) is 6.71. The number of halogens is 3. The molecule has 0 spiro atoms. The Morgan fingerprint density at radius 3 is 2.45 bits per heavy atom. The van der Waals surface area contributed by atoms with Gasteiger partial charge in [0.2, 0.25) is 0 Å². The minimum atomic E-state index is -4.48. The molecule has 0 radical (unpaired) electrons. The van der Waals surface area contributed by atoms with Crippen LogP contribution in [0.15, 0.2) is 59.7 Å². The Kier molecular flexibility index (Phi) is 4.18. The van der Waals surface area contributed by atoms with Gasteiger partial charge < -0.3 is 10.4 Å². The molecule has 6 nitrogen and oxygen atoms in total. The summed E-state index contributed by atoms with van der Waals surface area (Å²) in [4.78, 5) is 24.6. The summed E-state index contributed by atoms with van der Waals surface area (Å²) in [5, 5.41) is 17.5.